The predicted molar refractivity (Wildman–Crippen MR) is 164 cm³/mol. The second kappa shape index (κ2) is 18.6. The zero-order chi connectivity index (χ0) is 40.4. The van der Waals surface area contributed by atoms with E-state index in [0.717, 1.165) is 6.92 Å². The lowest BCUT2D eigenvalue weighted by molar-refractivity contribution is -0.398. The van der Waals surface area contributed by atoms with Crippen LogP contribution in [0.15, 0.2) is 0 Å². The molecule has 4 saturated heterocycles. The number of nitrogens with two attached hydrogens (primary N) is 1. The normalized spacial score (nSPS) is 47.1. The second-order valence-electron chi connectivity index (χ2n) is 13.4. The van der Waals surface area contributed by atoms with Crippen LogP contribution in [0.4, 0.5) is 0 Å². The molecule has 16 N–H and O–H groups in total. The number of amides is 1. The van der Waals surface area contributed by atoms with E-state index in [1.807, 2.05) is 0 Å². The Kier molecular flexibility index (Phi) is 15.4. The van der Waals surface area contributed by atoms with E-state index in [4.69, 9.17) is 39.1 Å². The Balaban J connectivity index is 1.67. The molecule has 21 atom stereocenters. The van der Waals surface area contributed by atoms with Crippen LogP contribution >= 0.6 is 0 Å². The van der Waals surface area contributed by atoms with Crippen LogP contribution in [0, 0.1) is 0 Å². The minimum atomic E-state index is -3.10. The SMILES string of the molecule is CC(=O)N[C@H]1[C@H]([C@H](O)[C@H](O)CO)O[C@@](O[C@H]2[C@@H](O)[C@@H](CO)O[C@@H](O[C@H]3[C@H](O[C@@H]4O[C@@H](C)[C@@H](O)[C@@H](O)[C@@H]4O)[C@@H](O)[C@H](ON)O[C@@H]3CO)[C@@H]2O)(C(=O)O)C[C@@H]1O. The molecule has 25 heteroatoms. The minimum Gasteiger partial charge on any atom is -0.477 e. The number of carbonyl (C=O) groups excluding carboxylic acids is 1. The summed E-state index contributed by atoms with van der Waals surface area (Å²) in [5, 5.41) is 139. The number of aliphatic carboxylic acids is 1. The van der Waals surface area contributed by atoms with Gasteiger partial charge >= 0.3 is 5.97 Å². The summed E-state index contributed by atoms with van der Waals surface area (Å²) in [6.45, 7) is -0.708. The summed E-state index contributed by atoms with van der Waals surface area (Å²) in [6.07, 6.45) is -36.7. The zero-order valence-electron chi connectivity index (χ0n) is 28.8. The summed E-state index contributed by atoms with van der Waals surface area (Å²) in [4.78, 5) is 29.3. The summed E-state index contributed by atoms with van der Waals surface area (Å²) < 4.78 is 39.3. The molecule has 4 heterocycles. The van der Waals surface area contributed by atoms with E-state index < -0.39 is 166 Å². The van der Waals surface area contributed by atoms with Crippen LogP contribution < -0.4 is 11.2 Å². The number of aliphatic hydroxyl groups excluding tert-OH is 12. The van der Waals surface area contributed by atoms with Crippen molar-refractivity contribution in [3.63, 3.8) is 0 Å². The first-order valence-electron chi connectivity index (χ1n) is 16.8. The third kappa shape index (κ3) is 9.12. The van der Waals surface area contributed by atoms with Crippen LogP contribution in [0.5, 0.6) is 0 Å². The molecule has 4 aliphatic heterocycles. The van der Waals surface area contributed by atoms with Crippen molar-refractivity contribution in [2.75, 3.05) is 19.8 Å². The molecule has 0 unspecified atom stereocenters. The van der Waals surface area contributed by atoms with Crippen molar-refractivity contribution >= 4 is 11.9 Å². The molecule has 54 heavy (non-hydrogen) atoms. The first-order chi connectivity index (χ1) is 25.4. The molecule has 0 saturated carbocycles. The van der Waals surface area contributed by atoms with Gasteiger partial charge < -0.3 is 105 Å². The molecule has 0 aromatic heterocycles. The Morgan fingerprint density at radius 2 is 1.37 bits per heavy atom. The summed E-state index contributed by atoms with van der Waals surface area (Å²) in [7, 11) is 0. The highest BCUT2D eigenvalue weighted by atomic mass is 16.8. The van der Waals surface area contributed by atoms with Crippen LogP contribution in [0.3, 0.4) is 0 Å². The molecular weight excluding hydrogens is 744 g/mol. The molecular formula is C29H50N2O23. The number of nitrogens with one attached hydrogen (secondary N) is 1. The van der Waals surface area contributed by atoms with Gasteiger partial charge in [0.05, 0.1) is 38.1 Å². The fourth-order valence-electron chi connectivity index (χ4n) is 6.68. The molecule has 314 valence electrons. The highest BCUT2D eigenvalue weighted by Crippen LogP contribution is 2.39. The highest BCUT2D eigenvalue weighted by molar-refractivity contribution is 5.76. The van der Waals surface area contributed by atoms with Gasteiger partial charge in [0.1, 0.15) is 85.5 Å². The molecule has 4 rings (SSSR count). The van der Waals surface area contributed by atoms with E-state index >= 15 is 0 Å². The number of hydrogen-bond donors (Lipinski definition) is 15. The lowest BCUT2D eigenvalue weighted by Gasteiger charge is -2.51. The Morgan fingerprint density at radius 3 is 1.93 bits per heavy atom. The quantitative estimate of drug-likeness (QED) is 0.0726. The van der Waals surface area contributed by atoms with E-state index in [1.165, 1.54) is 6.92 Å². The van der Waals surface area contributed by atoms with Gasteiger partial charge in [0.25, 0.3) is 5.79 Å². The van der Waals surface area contributed by atoms with Gasteiger partial charge in [0.15, 0.2) is 12.6 Å². The zero-order valence-corrected chi connectivity index (χ0v) is 28.8. The summed E-state index contributed by atoms with van der Waals surface area (Å²) in [5.41, 5.74) is 0. The molecule has 0 spiro atoms. The van der Waals surface area contributed by atoms with Gasteiger partial charge in [0.2, 0.25) is 12.2 Å². The molecule has 25 nitrogen and oxygen atoms in total. The van der Waals surface area contributed by atoms with Gasteiger partial charge in [-0.05, 0) is 6.92 Å². The number of carboxylic acids is 1. The van der Waals surface area contributed by atoms with Crippen LogP contribution in [0.1, 0.15) is 20.3 Å². The van der Waals surface area contributed by atoms with Crippen molar-refractivity contribution in [2.45, 2.75) is 149 Å². The monoisotopic (exact) mass is 794 g/mol. The van der Waals surface area contributed by atoms with Crippen LogP contribution in [-0.2, 0) is 47.6 Å². The first kappa shape index (κ1) is 44.8. The van der Waals surface area contributed by atoms with Gasteiger partial charge in [0, 0.05) is 13.3 Å². The lowest BCUT2D eigenvalue weighted by Crippen LogP contribution is -2.71. The Morgan fingerprint density at radius 1 is 0.796 bits per heavy atom. The molecule has 4 aliphatic rings. The Hall–Kier alpha value is -1.90. The summed E-state index contributed by atoms with van der Waals surface area (Å²) >= 11 is 0. The van der Waals surface area contributed by atoms with Crippen molar-refractivity contribution in [3.8, 4) is 0 Å². The number of rotatable bonds is 14. The predicted octanol–water partition coefficient (Wildman–Crippen LogP) is -9.47. The van der Waals surface area contributed by atoms with E-state index in [1.54, 1.807) is 0 Å². The number of carboxylic acid groups (broad SMARTS) is 1. The van der Waals surface area contributed by atoms with E-state index in [-0.39, 0.29) is 0 Å². The average molecular weight is 795 g/mol. The molecule has 0 bridgehead atoms. The Bertz CT molecular complexity index is 1240. The standard InChI is InChI=1S/C29H50N2O23/c1-7-14(38)17(41)18(42)25(47-7)51-24-20(44)27(54-30)49-12(6-34)21(24)50-26-19(43)23(16(40)11(5-33)48-26)53-29(28(45)46)3-9(36)13(31-8(2)35)22(52-29)15(39)10(37)4-32/h7,9-27,32-34,36-44H,3-6,30H2,1-2H3,(H,31,35)(H,45,46)/t7-,9-,10+,11+,12+,13+,14+,15+,16-,17+,18-,19+,20+,21+,22+,23-,24+,25-,26-,27-,29-/m0/s1. The maximum atomic E-state index is 12.8. The fourth-order valence-corrected chi connectivity index (χ4v) is 6.68. The van der Waals surface area contributed by atoms with Gasteiger partial charge in [-0.3, -0.25) is 9.63 Å². The largest absolute Gasteiger partial charge is 0.477 e. The number of ether oxygens (including phenoxy) is 7. The van der Waals surface area contributed by atoms with Gasteiger partial charge in [-0.2, -0.15) is 0 Å². The van der Waals surface area contributed by atoms with Crippen molar-refractivity contribution in [2.24, 2.45) is 5.90 Å². The fraction of sp³-hybridized carbons (Fsp3) is 0.931. The number of aliphatic hydroxyl groups is 12. The molecule has 1 amide bonds. The number of carbonyl (C=O) groups is 2. The third-order valence-corrected chi connectivity index (χ3v) is 9.65. The molecule has 4 fully saturated rings. The summed E-state index contributed by atoms with van der Waals surface area (Å²) in [6, 6.07) is -1.59. The van der Waals surface area contributed by atoms with Crippen molar-refractivity contribution in [1.82, 2.24) is 5.32 Å². The second-order valence-corrected chi connectivity index (χ2v) is 13.4. The molecule has 0 aliphatic carbocycles. The Labute approximate surface area is 305 Å². The molecule has 0 aromatic rings. The van der Waals surface area contributed by atoms with E-state index in [9.17, 15) is 76.0 Å². The summed E-state index contributed by atoms with van der Waals surface area (Å²) in [5.74, 6) is -0.649. The van der Waals surface area contributed by atoms with Crippen LogP contribution in [-0.4, -0.2) is 226 Å². The van der Waals surface area contributed by atoms with Gasteiger partial charge in [-0.1, -0.05) is 0 Å². The van der Waals surface area contributed by atoms with Crippen molar-refractivity contribution in [3.05, 3.63) is 0 Å². The number of hydrogen-bond acceptors (Lipinski definition) is 23. The van der Waals surface area contributed by atoms with Crippen molar-refractivity contribution < 1.29 is 114 Å². The van der Waals surface area contributed by atoms with E-state index in [0.29, 0.717) is 0 Å². The maximum Gasteiger partial charge on any atom is 0.364 e. The maximum absolute atomic E-state index is 12.8. The highest BCUT2D eigenvalue weighted by Gasteiger charge is 2.60. The van der Waals surface area contributed by atoms with E-state index in [2.05, 4.69) is 10.2 Å². The molecule has 0 aromatic carbocycles. The van der Waals surface area contributed by atoms with Crippen LogP contribution in [0.25, 0.3) is 0 Å². The lowest BCUT2D eigenvalue weighted by atomic mass is 9.88. The molecule has 0 radical (unpaired) electrons. The van der Waals surface area contributed by atoms with Crippen LogP contribution in [0.2, 0.25) is 0 Å². The first-order valence-corrected chi connectivity index (χ1v) is 16.8. The topological polar surface area (TPSA) is 409 Å². The average Bonchev–Trinajstić information content (AvgIpc) is 3.13. The van der Waals surface area contributed by atoms with Gasteiger partial charge in [-0.15, -0.1) is 0 Å². The third-order valence-electron chi connectivity index (χ3n) is 9.65. The van der Waals surface area contributed by atoms with Crippen molar-refractivity contribution in [1.29, 1.82) is 0 Å². The smallest absolute Gasteiger partial charge is 0.364 e. The minimum absolute atomic E-state index is 0.777. The van der Waals surface area contributed by atoms with Gasteiger partial charge in [-0.25, -0.2) is 10.7 Å².